The molecule has 1 amide bonds. The third-order valence-corrected chi connectivity index (χ3v) is 3.47. The van der Waals surface area contributed by atoms with Crippen LogP contribution in [0.4, 0.5) is 0 Å². The summed E-state index contributed by atoms with van der Waals surface area (Å²) in [4.78, 5) is 25.0. The minimum Gasteiger partial charge on any atom is -0.493 e. The minimum absolute atomic E-state index is 0.141. The fourth-order valence-electron chi connectivity index (χ4n) is 2.46. The van der Waals surface area contributed by atoms with Gasteiger partial charge in [0.2, 0.25) is 5.91 Å². The van der Waals surface area contributed by atoms with Gasteiger partial charge in [0, 0.05) is 11.6 Å². The Morgan fingerprint density at radius 2 is 2.10 bits per heavy atom. The first-order valence-corrected chi connectivity index (χ1v) is 6.74. The van der Waals surface area contributed by atoms with Crippen molar-refractivity contribution in [1.29, 1.82) is 0 Å². The van der Waals surface area contributed by atoms with E-state index in [9.17, 15) is 9.59 Å². The highest BCUT2D eigenvalue weighted by molar-refractivity contribution is 5.87. The maximum Gasteiger partial charge on any atom is 0.323 e. The Labute approximate surface area is 118 Å². The lowest BCUT2D eigenvalue weighted by Gasteiger charge is -2.32. The SMILES string of the molecule is CC(C)N(CC(=O)O)C(=O)C1CCOc2ccccc21. The number of nitrogens with zero attached hydrogens (tertiary/aromatic N) is 1. The molecule has 1 aliphatic heterocycles. The number of carbonyl (C=O) groups is 2. The summed E-state index contributed by atoms with van der Waals surface area (Å²) in [6.07, 6.45) is 0.582. The number of aliphatic carboxylic acids is 1. The number of hydrogen-bond donors (Lipinski definition) is 1. The van der Waals surface area contributed by atoms with Gasteiger partial charge in [0.25, 0.3) is 0 Å². The second-order valence-electron chi connectivity index (χ2n) is 5.18. The minimum atomic E-state index is -0.993. The van der Waals surface area contributed by atoms with Gasteiger partial charge in [0.1, 0.15) is 12.3 Å². The van der Waals surface area contributed by atoms with Crippen LogP contribution in [0.1, 0.15) is 31.7 Å². The topological polar surface area (TPSA) is 66.8 Å². The largest absolute Gasteiger partial charge is 0.493 e. The number of ether oxygens (including phenoxy) is 1. The molecule has 20 heavy (non-hydrogen) atoms. The summed E-state index contributed by atoms with van der Waals surface area (Å²) in [7, 11) is 0. The molecule has 1 heterocycles. The molecule has 2 rings (SSSR count). The van der Waals surface area contributed by atoms with Crippen molar-refractivity contribution in [2.75, 3.05) is 13.2 Å². The number of benzene rings is 1. The zero-order chi connectivity index (χ0) is 14.7. The van der Waals surface area contributed by atoms with Crippen LogP contribution in [0.5, 0.6) is 5.75 Å². The van der Waals surface area contributed by atoms with Gasteiger partial charge in [0.15, 0.2) is 0 Å². The first-order valence-electron chi connectivity index (χ1n) is 6.74. The van der Waals surface area contributed by atoms with Crippen LogP contribution < -0.4 is 4.74 Å². The highest BCUT2D eigenvalue weighted by Gasteiger charge is 2.32. The Balaban J connectivity index is 2.26. The van der Waals surface area contributed by atoms with E-state index < -0.39 is 5.97 Å². The first-order chi connectivity index (χ1) is 9.50. The zero-order valence-electron chi connectivity index (χ0n) is 11.7. The number of fused-ring (bicyclic) bond motifs is 1. The molecule has 5 nitrogen and oxygen atoms in total. The van der Waals surface area contributed by atoms with Gasteiger partial charge in [-0.3, -0.25) is 9.59 Å². The molecule has 0 saturated heterocycles. The van der Waals surface area contributed by atoms with Crippen LogP contribution in [0.15, 0.2) is 24.3 Å². The second-order valence-corrected chi connectivity index (χ2v) is 5.18. The smallest absolute Gasteiger partial charge is 0.323 e. The molecule has 1 aromatic carbocycles. The Hall–Kier alpha value is -2.04. The number of carboxylic acid groups (broad SMARTS) is 1. The highest BCUT2D eigenvalue weighted by atomic mass is 16.5. The quantitative estimate of drug-likeness (QED) is 0.912. The first kappa shape index (κ1) is 14.4. The number of amides is 1. The Kier molecular flexibility index (Phi) is 4.27. The summed E-state index contributed by atoms with van der Waals surface area (Å²) in [5.74, 6) is -0.733. The van der Waals surface area contributed by atoms with Crippen molar-refractivity contribution >= 4 is 11.9 Å². The van der Waals surface area contributed by atoms with Crippen molar-refractivity contribution < 1.29 is 19.4 Å². The van der Waals surface area contributed by atoms with Crippen molar-refractivity contribution in [2.24, 2.45) is 0 Å². The van der Waals surface area contributed by atoms with Gasteiger partial charge in [-0.25, -0.2) is 0 Å². The fraction of sp³-hybridized carbons (Fsp3) is 0.467. The molecular weight excluding hydrogens is 258 g/mol. The van der Waals surface area contributed by atoms with Gasteiger partial charge in [-0.05, 0) is 26.3 Å². The summed E-state index contributed by atoms with van der Waals surface area (Å²) in [5.41, 5.74) is 0.847. The van der Waals surface area contributed by atoms with Crippen LogP contribution in [0.3, 0.4) is 0 Å². The average Bonchev–Trinajstić information content (AvgIpc) is 2.43. The molecular formula is C15H19NO4. The van der Waals surface area contributed by atoms with Crippen LogP contribution in [0.25, 0.3) is 0 Å². The van der Waals surface area contributed by atoms with Gasteiger partial charge in [-0.15, -0.1) is 0 Å². The number of rotatable bonds is 4. The number of carboxylic acids is 1. The van der Waals surface area contributed by atoms with Crippen molar-refractivity contribution in [3.05, 3.63) is 29.8 Å². The third kappa shape index (κ3) is 2.92. The maximum atomic E-state index is 12.6. The van der Waals surface area contributed by atoms with E-state index in [1.54, 1.807) is 0 Å². The molecule has 5 heteroatoms. The molecule has 0 aliphatic carbocycles. The lowest BCUT2D eigenvalue weighted by Crippen LogP contribution is -2.44. The standard InChI is InChI=1S/C15H19NO4/c1-10(2)16(9-14(17)18)15(19)12-7-8-20-13-6-4-3-5-11(12)13/h3-6,10,12H,7-9H2,1-2H3,(H,17,18). The number of hydrogen-bond acceptors (Lipinski definition) is 3. The molecule has 0 bridgehead atoms. The Bertz CT molecular complexity index is 512. The van der Waals surface area contributed by atoms with Crippen molar-refractivity contribution in [1.82, 2.24) is 4.90 Å². The Morgan fingerprint density at radius 3 is 2.75 bits per heavy atom. The molecule has 0 spiro atoms. The van der Waals surface area contributed by atoms with Crippen molar-refractivity contribution in [3.8, 4) is 5.75 Å². The van der Waals surface area contributed by atoms with Crippen LogP contribution in [0, 0.1) is 0 Å². The van der Waals surface area contributed by atoms with E-state index in [1.165, 1.54) is 4.90 Å². The summed E-state index contributed by atoms with van der Waals surface area (Å²) in [6.45, 7) is 3.86. The number of carbonyl (C=O) groups excluding carboxylic acids is 1. The van der Waals surface area contributed by atoms with E-state index in [0.29, 0.717) is 13.0 Å². The van der Waals surface area contributed by atoms with Crippen LogP contribution in [-0.4, -0.2) is 41.1 Å². The predicted octanol–water partition coefficient (Wildman–Crippen LogP) is 1.87. The summed E-state index contributed by atoms with van der Waals surface area (Å²) in [6, 6.07) is 7.30. The molecule has 0 saturated carbocycles. The van der Waals surface area contributed by atoms with Gasteiger partial charge >= 0.3 is 5.97 Å². The molecule has 1 aliphatic rings. The van der Waals surface area contributed by atoms with Crippen molar-refractivity contribution in [3.63, 3.8) is 0 Å². The van der Waals surface area contributed by atoms with E-state index in [-0.39, 0.29) is 24.4 Å². The van der Waals surface area contributed by atoms with Crippen LogP contribution in [-0.2, 0) is 9.59 Å². The fourth-order valence-corrected chi connectivity index (χ4v) is 2.46. The monoisotopic (exact) mass is 277 g/mol. The van der Waals surface area contributed by atoms with Gasteiger partial charge in [-0.1, -0.05) is 18.2 Å². The van der Waals surface area contributed by atoms with Crippen LogP contribution >= 0.6 is 0 Å². The average molecular weight is 277 g/mol. The predicted molar refractivity (Wildman–Crippen MR) is 73.8 cm³/mol. The molecule has 108 valence electrons. The molecule has 1 N–H and O–H groups in total. The van der Waals surface area contributed by atoms with E-state index in [4.69, 9.17) is 9.84 Å². The van der Waals surface area contributed by atoms with Gasteiger partial charge in [0.05, 0.1) is 12.5 Å². The van der Waals surface area contributed by atoms with Crippen molar-refractivity contribution in [2.45, 2.75) is 32.2 Å². The zero-order valence-corrected chi connectivity index (χ0v) is 11.7. The van der Waals surface area contributed by atoms with E-state index in [0.717, 1.165) is 11.3 Å². The second kappa shape index (κ2) is 5.94. The summed E-state index contributed by atoms with van der Waals surface area (Å²) >= 11 is 0. The molecule has 1 unspecified atom stereocenters. The van der Waals surface area contributed by atoms with E-state index >= 15 is 0 Å². The summed E-state index contributed by atoms with van der Waals surface area (Å²) < 4.78 is 5.54. The lowest BCUT2D eigenvalue weighted by molar-refractivity contribution is -0.146. The van der Waals surface area contributed by atoms with E-state index in [1.807, 2.05) is 38.1 Å². The molecule has 1 atom stereocenters. The number of para-hydroxylation sites is 1. The van der Waals surface area contributed by atoms with Crippen LogP contribution in [0.2, 0.25) is 0 Å². The maximum absolute atomic E-state index is 12.6. The summed E-state index contributed by atoms with van der Waals surface area (Å²) in [5, 5.41) is 8.96. The molecule has 0 aromatic heterocycles. The Morgan fingerprint density at radius 1 is 1.40 bits per heavy atom. The normalized spacial score (nSPS) is 17.2. The highest BCUT2D eigenvalue weighted by Crippen LogP contribution is 2.34. The molecule has 1 aromatic rings. The van der Waals surface area contributed by atoms with Gasteiger partial charge in [-0.2, -0.15) is 0 Å². The van der Waals surface area contributed by atoms with Gasteiger partial charge < -0.3 is 14.7 Å². The third-order valence-electron chi connectivity index (χ3n) is 3.47. The van der Waals surface area contributed by atoms with E-state index in [2.05, 4.69) is 0 Å². The molecule has 0 radical (unpaired) electrons. The lowest BCUT2D eigenvalue weighted by atomic mass is 9.91. The molecule has 0 fully saturated rings.